The van der Waals surface area contributed by atoms with Crippen LogP contribution in [0.1, 0.15) is 39.0 Å². The van der Waals surface area contributed by atoms with E-state index in [1.54, 1.807) is 5.57 Å². The summed E-state index contributed by atoms with van der Waals surface area (Å²) in [6, 6.07) is 0. The lowest BCUT2D eigenvalue weighted by Crippen LogP contribution is -2.34. The number of rotatable bonds is 2. The summed E-state index contributed by atoms with van der Waals surface area (Å²) < 4.78 is 0. The summed E-state index contributed by atoms with van der Waals surface area (Å²) in [5.74, 6) is 2.75. The first kappa shape index (κ1) is 11.7. The zero-order chi connectivity index (χ0) is 12.0. The molecule has 2 bridgehead atoms. The molecule has 0 spiro atoms. The van der Waals surface area contributed by atoms with Crippen molar-refractivity contribution >= 4 is 0 Å². The van der Waals surface area contributed by atoms with E-state index in [1.165, 1.54) is 32.1 Å². The van der Waals surface area contributed by atoms with Gasteiger partial charge in [-0.3, -0.25) is 0 Å². The highest BCUT2D eigenvalue weighted by Gasteiger charge is 2.48. The molecule has 0 radical (unpaired) electrons. The molecule has 3 rings (SSSR count). The molecule has 2 N–H and O–H groups in total. The first-order valence-electron chi connectivity index (χ1n) is 7.07. The van der Waals surface area contributed by atoms with Crippen molar-refractivity contribution in [2.45, 2.75) is 39.0 Å². The van der Waals surface area contributed by atoms with Crippen LogP contribution in [0.5, 0.6) is 0 Å². The van der Waals surface area contributed by atoms with E-state index in [0.29, 0.717) is 19.1 Å². The van der Waals surface area contributed by atoms with E-state index >= 15 is 0 Å². The highest BCUT2D eigenvalue weighted by atomic mass is 16.3. The molecule has 0 saturated heterocycles. The van der Waals surface area contributed by atoms with Gasteiger partial charge in [0.2, 0.25) is 0 Å². The second-order valence-corrected chi connectivity index (χ2v) is 6.87. The highest BCUT2D eigenvalue weighted by Crippen LogP contribution is 2.57. The van der Waals surface area contributed by atoms with Crippen LogP contribution in [0.3, 0.4) is 0 Å². The van der Waals surface area contributed by atoms with Crippen molar-refractivity contribution < 1.29 is 10.2 Å². The normalized spacial score (nSPS) is 48.8. The molecule has 5 atom stereocenters. The van der Waals surface area contributed by atoms with Crippen LogP contribution in [-0.4, -0.2) is 23.4 Å². The number of hydrogen-bond acceptors (Lipinski definition) is 2. The Morgan fingerprint density at radius 1 is 1.41 bits per heavy atom. The Hall–Kier alpha value is -0.340. The van der Waals surface area contributed by atoms with Crippen molar-refractivity contribution in [3.63, 3.8) is 0 Å². The van der Waals surface area contributed by atoms with Gasteiger partial charge in [-0.15, -0.1) is 0 Å². The van der Waals surface area contributed by atoms with E-state index < -0.39 is 0 Å². The van der Waals surface area contributed by atoms with Crippen LogP contribution in [0, 0.1) is 29.1 Å². The lowest BCUT2D eigenvalue weighted by Gasteiger charge is -2.40. The van der Waals surface area contributed by atoms with Gasteiger partial charge >= 0.3 is 0 Å². The molecule has 0 aromatic rings. The van der Waals surface area contributed by atoms with E-state index in [1.807, 2.05) is 0 Å². The van der Waals surface area contributed by atoms with Gasteiger partial charge in [0.1, 0.15) is 0 Å². The molecule has 0 amide bonds. The average molecular weight is 236 g/mol. The minimum Gasteiger partial charge on any atom is -0.396 e. The van der Waals surface area contributed by atoms with E-state index in [4.69, 9.17) is 0 Å². The largest absolute Gasteiger partial charge is 0.396 e. The van der Waals surface area contributed by atoms with Crippen LogP contribution in [0.15, 0.2) is 11.6 Å². The molecule has 2 fully saturated rings. The first-order valence-corrected chi connectivity index (χ1v) is 7.07. The molecule has 2 saturated carbocycles. The fourth-order valence-electron chi connectivity index (χ4n) is 4.57. The Balaban J connectivity index is 1.82. The molecule has 3 aliphatic carbocycles. The molecule has 3 aliphatic rings. The van der Waals surface area contributed by atoms with Gasteiger partial charge in [-0.25, -0.2) is 0 Å². The lowest BCUT2D eigenvalue weighted by molar-refractivity contribution is 0.0438. The Morgan fingerprint density at radius 2 is 2.24 bits per heavy atom. The lowest BCUT2D eigenvalue weighted by atomic mass is 9.65. The summed E-state index contributed by atoms with van der Waals surface area (Å²) in [5, 5.41) is 18.9. The number of allylic oxidation sites excluding steroid dienone is 1. The second-order valence-electron chi connectivity index (χ2n) is 6.87. The summed E-state index contributed by atoms with van der Waals surface area (Å²) in [7, 11) is 0. The summed E-state index contributed by atoms with van der Waals surface area (Å²) in [6.45, 7) is 2.89. The van der Waals surface area contributed by atoms with E-state index in [0.717, 1.165) is 17.8 Å². The summed E-state index contributed by atoms with van der Waals surface area (Å²) in [5.41, 5.74) is 1.79. The maximum absolute atomic E-state index is 9.55. The topological polar surface area (TPSA) is 40.5 Å². The zero-order valence-electron chi connectivity index (χ0n) is 10.7. The zero-order valence-corrected chi connectivity index (χ0v) is 10.7. The molecular formula is C15H24O2. The number of aliphatic hydroxyl groups excluding tert-OH is 2. The third-order valence-corrected chi connectivity index (χ3v) is 5.56. The fourth-order valence-corrected chi connectivity index (χ4v) is 4.57. The Bertz CT molecular complexity index is 336. The van der Waals surface area contributed by atoms with Crippen LogP contribution in [0.4, 0.5) is 0 Å². The van der Waals surface area contributed by atoms with Crippen LogP contribution in [0.25, 0.3) is 0 Å². The first-order chi connectivity index (χ1) is 8.15. The van der Waals surface area contributed by atoms with Gasteiger partial charge in [0.05, 0.1) is 0 Å². The van der Waals surface area contributed by atoms with Crippen LogP contribution < -0.4 is 0 Å². The van der Waals surface area contributed by atoms with Gasteiger partial charge in [-0.05, 0) is 55.3 Å². The molecule has 0 heterocycles. The van der Waals surface area contributed by atoms with Crippen molar-refractivity contribution in [1.29, 1.82) is 0 Å². The van der Waals surface area contributed by atoms with Crippen LogP contribution >= 0.6 is 0 Å². The van der Waals surface area contributed by atoms with Gasteiger partial charge in [0.25, 0.3) is 0 Å². The standard InChI is InChI=1S/C15H24O2/c1-15(9-17)3-2-13-11-4-10(8-16)5-12(6-11)14(13)7-15/h4,10,12-14,16-17H,2-3,5-9H2,1H3. The van der Waals surface area contributed by atoms with Gasteiger partial charge in [0, 0.05) is 19.1 Å². The predicted octanol–water partition coefficient (Wildman–Crippen LogP) is 2.36. The van der Waals surface area contributed by atoms with E-state index in [9.17, 15) is 10.2 Å². The van der Waals surface area contributed by atoms with Crippen molar-refractivity contribution in [3.05, 3.63) is 11.6 Å². The van der Waals surface area contributed by atoms with Gasteiger partial charge in [-0.1, -0.05) is 18.6 Å². The van der Waals surface area contributed by atoms with Crippen molar-refractivity contribution in [2.24, 2.45) is 29.1 Å². The Labute approximate surface area is 104 Å². The summed E-state index contributed by atoms with van der Waals surface area (Å²) in [6.07, 6.45) is 8.41. The summed E-state index contributed by atoms with van der Waals surface area (Å²) >= 11 is 0. The molecule has 2 heteroatoms. The van der Waals surface area contributed by atoms with E-state index in [-0.39, 0.29) is 5.41 Å². The van der Waals surface area contributed by atoms with Gasteiger partial charge in [0.15, 0.2) is 0 Å². The molecule has 96 valence electrons. The van der Waals surface area contributed by atoms with Crippen LogP contribution in [0.2, 0.25) is 0 Å². The summed E-state index contributed by atoms with van der Waals surface area (Å²) in [4.78, 5) is 0. The second kappa shape index (κ2) is 4.10. The third-order valence-electron chi connectivity index (χ3n) is 5.56. The van der Waals surface area contributed by atoms with E-state index in [2.05, 4.69) is 13.0 Å². The molecular weight excluding hydrogens is 212 g/mol. The maximum Gasteiger partial charge on any atom is 0.0494 e. The number of fused-ring (bicyclic) bond motifs is 5. The van der Waals surface area contributed by atoms with Gasteiger partial charge < -0.3 is 10.2 Å². The van der Waals surface area contributed by atoms with Crippen LogP contribution in [-0.2, 0) is 0 Å². The molecule has 5 unspecified atom stereocenters. The van der Waals surface area contributed by atoms with Crippen molar-refractivity contribution in [3.8, 4) is 0 Å². The molecule has 2 nitrogen and oxygen atoms in total. The predicted molar refractivity (Wildman–Crippen MR) is 67.4 cm³/mol. The number of hydrogen-bond donors (Lipinski definition) is 2. The smallest absolute Gasteiger partial charge is 0.0494 e. The third kappa shape index (κ3) is 1.86. The monoisotopic (exact) mass is 236 g/mol. The SMILES string of the molecule is CC1(CO)CCC2C3=CC(CO)CC(C3)C2C1. The molecule has 17 heavy (non-hydrogen) atoms. The average Bonchev–Trinajstić information content (AvgIpc) is 2.60. The van der Waals surface area contributed by atoms with Crippen molar-refractivity contribution in [2.75, 3.05) is 13.2 Å². The minimum absolute atomic E-state index is 0.161. The minimum atomic E-state index is 0.161. The Kier molecular flexibility index (Phi) is 2.83. The highest BCUT2D eigenvalue weighted by molar-refractivity contribution is 5.22. The molecule has 0 aromatic carbocycles. The van der Waals surface area contributed by atoms with Gasteiger partial charge in [-0.2, -0.15) is 0 Å². The quantitative estimate of drug-likeness (QED) is 0.723. The molecule has 0 aromatic heterocycles. The van der Waals surface area contributed by atoms with Crippen molar-refractivity contribution in [1.82, 2.24) is 0 Å². The maximum atomic E-state index is 9.55. The molecule has 0 aliphatic heterocycles. The fraction of sp³-hybridized carbons (Fsp3) is 0.867. The number of aliphatic hydroxyl groups is 2. The Morgan fingerprint density at radius 3 is 2.94 bits per heavy atom.